The molecule has 1 heterocycles. The minimum atomic E-state index is -4.67. The van der Waals surface area contributed by atoms with Crippen molar-refractivity contribution in [1.29, 1.82) is 0 Å². The number of hydrogen-bond donors (Lipinski definition) is 1. The van der Waals surface area contributed by atoms with Gasteiger partial charge in [-0.05, 0) is 30.8 Å². The van der Waals surface area contributed by atoms with Gasteiger partial charge in [0.25, 0.3) is 0 Å². The largest absolute Gasteiger partial charge is 0.573 e. The van der Waals surface area contributed by atoms with Crippen molar-refractivity contribution in [3.8, 4) is 5.75 Å². The number of nitrogens with one attached hydrogen (secondary N) is 1. The average molecular weight is 299 g/mol. The second kappa shape index (κ2) is 6.17. The lowest BCUT2D eigenvalue weighted by atomic mass is 10.0. The van der Waals surface area contributed by atoms with Crippen molar-refractivity contribution < 1.29 is 17.9 Å². The Balaban J connectivity index is 2.08. The van der Waals surface area contributed by atoms with E-state index in [0.717, 1.165) is 11.3 Å². The zero-order valence-electron chi connectivity index (χ0n) is 11.7. The summed E-state index contributed by atoms with van der Waals surface area (Å²) in [5, 5.41) is 7.42. The fraction of sp³-hybridized carbons (Fsp3) is 0.357. The van der Waals surface area contributed by atoms with Crippen LogP contribution in [-0.4, -0.2) is 23.2 Å². The van der Waals surface area contributed by atoms with Crippen molar-refractivity contribution in [2.24, 2.45) is 7.05 Å². The van der Waals surface area contributed by atoms with Crippen LogP contribution in [0.15, 0.2) is 36.5 Å². The molecular formula is C14H16F3N3O. The highest BCUT2D eigenvalue weighted by atomic mass is 19.4. The number of hydrogen-bond acceptors (Lipinski definition) is 3. The first-order chi connectivity index (χ1) is 9.87. The van der Waals surface area contributed by atoms with Gasteiger partial charge in [0.2, 0.25) is 0 Å². The monoisotopic (exact) mass is 299 g/mol. The number of rotatable bonds is 5. The lowest BCUT2D eigenvalue weighted by Gasteiger charge is -2.16. The summed E-state index contributed by atoms with van der Waals surface area (Å²) in [5.41, 5.74) is 1.78. The maximum atomic E-state index is 12.1. The second-order valence-electron chi connectivity index (χ2n) is 4.64. The molecule has 1 N–H and O–H groups in total. The molecule has 0 saturated carbocycles. The van der Waals surface area contributed by atoms with Crippen LogP contribution in [0.25, 0.3) is 0 Å². The van der Waals surface area contributed by atoms with Crippen molar-refractivity contribution >= 4 is 0 Å². The molecule has 0 bridgehead atoms. The van der Waals surface area contributed by atoms with Crippen molar-refractivity contribution in [2.45, 2.75) is 18.8 Å². The number of nitrogens with zero attached hydrogens (tertiary/aromatic N) is 2. The van der Waals surface area contributed by atoms with Crippen LogP contribution in [0.1, 0.15) is 17.3 Å². The molecule has 0 amide bonds. The van der Waals surface area contributed by atoms with Crippen molar-refractivity contribution in [3.63, 3.8) is 0 Å². The topological polar surface area (TPSA) is 39.1 Å². The minimum absolute atomic E-state index is 0.0279. The zero-order chi connectivity index (χ0) is 15.5. The van der Waals surface area contributed by atoms with Crippen LogP contribution < -0.4 is 10.1 Å². The summed E-state index contributed by atoms with van der Waals surface area (Å²) in [6.07, 6.45) is -2.17. The Morgan fingerprint density at radius 3 is 2.38 bits per heavy atom. The van der Waals surface area contributed by atoms with Gasteiger partial charge in [0.05, 0.1) is 5.69 Å². The van der Waals surface area contributed by atoms with E-state index in [2.05, 4.69) is 15.2 Å². The van der Waals surface area contributed by atoms with Crippen LogP contribution in [0, 0.1) is 0 Å². The number of likely N-dealkylation sites (N-methyl/N-ethyl adjacent to an activating group) is 1. The molecule has 114 valence electrons. The Hall–Kier alpha value is -2.02. The van der Waals surface area contributed by atoms with Crippen LogP contribution in [0.4, 0.5) is 13.2 Å². The predicted molar refractivity (Wildman–Crippen MR) is 71.8 cm³/mol. The Labute approximate surface area is 120 Å². The van der Waals surface area contributed by atoms with E-state index in [1.165, 1.54) is 12.1 Å². The number of alkyl halides is 3. The van der Waals surface area contributed by atoms with E-state index in [4.69, 9.17) is 0 Å². The normalized spacial score (nSPS) is 13.2. The van der Waals surface area contributed by atoms with E-state index in [0.29, 0.717) is 6.42 Å². The molecule has 0 aliphatic heterocycles. The van der Waals surface area contributed by atoms with Crippen molar-refractivity contribution in [3.05, 3.63) is 47.8 Å². The molecule has 7 heteroatoms. The van der Waals surface area contributed by atoms with Gasteiger partial charge in [0.1, 0.15) is 5.75 Å². The molecule has 1 atom stereocenters. The molecule has 4 nitrogen and oxygen atoms in total. The summed E-state index contributed by atoms with van der Waals surface area (Å²) in [7, 11) is 3.63. The average Bonchev–Trinajstić information content (AvgIpc) is 2.81. The highest BCUT2D eigenvalue weighted by Gasteiger charge is 2.31. The molecule has 0 aliphatic rings. The van der Waals surface area contributed by atoms with Crippen LogP contribution in [0.3, 0.4) is 0 Å². The van der Waals surface area contributed by atoms with Crippen molar-refractivity contribution in [1.82, 2.24) is 15.1 Å². The Kier molecular flexibility index (Phi) is 4.52. The van der Waals surface area contributed by atoms with Crippen LogP contribution in [0.5, 0.6) is 5.75 Å². The number of benzene rings is 1. The van der Waals surface area contributed by atoms with Gasteiger partial charge in [0, 0.05) is 25.7 Å². The van der Waals surface area contributed by atoms with Gasteiger partial charge in [-0.3, -0.25) is 4.68 Å². The first-order valence-electron chi connectivity index (χ1n) is 6.39. The number of aryl methyl sites for hydroxylation is 1. The second-order valence-corrected chi connectivity index (χ2v) is 4.64. The molecule has 2 rings (SSSR count). The van der Waals surface area contributed by atoms with Crippen LogP contribution in [-0.2, 0) is 13.5 Å². The maximum absolute atomic E-state index is 12.1. The molecular weight excluding hydrogens is 283 g/mol. The molecule has 0 spiro atoms. The number of ether oxygens (including phenoxy) is 1. The van der Waals surface area contributed by atoms with E-state index in [9.17, 15) is 13.2 Å². The molecule has 0 aliphatic carbocycles. The van der Waals surface area contributed by atoms with E-state index in [-0.39, 0.29) is 11.8 Å². The standard InChI is InChI=1S/C14H16F3N3O/c1-18-13(9-11-7-8-20(2)19-11)10-3-5-12(6-4-10)21-14(15,16)17/h3-8,13,18H,9H2,1-2H3. The summed E-state index contributed by atoms with van der Waals surface area (Å²) >= 11 is 0. The SMILES string of the molecule is CNC(Cc1ccn(C)n1)c1ccc(OC(F)(F)F)cc1. The summed E-state index contributed by atoms with van der Waals surface area (Å²) in [6.45, 7) is 0. The summed E-state index contributed by atoms with van der Waals surface area (Å²) in [6, 6.07) is 7.73. The Morgan fingerprint density at radius 2 is 1.90 bits per heavy atom. The van der Waals surface area contributed by atoms with Crippen LogP contribution >= 0.6 is 0 Å². The fourth-order valence-electron chi connectivity index (χ4n) is 2.07. The molecule has 1 aromatic carbocycles. The molecule has 0 saturated heterocycles. The lowest BCUT2D eigenvalue weighted by molar-refractivity contribution is -0.274. The smallest absolute Gasteiger partial charge is 0.406 e. The predicted octanol–water partition coefficient (Wildman–Crippen LogP) is 2.82. The Morgan fingerprint density at radius 1 is 1.24 bits per heavy atom. The van der Waals surface area contributed by atoms with E-state index >= 15 is 0 Å². The van der Waals surface area contributed by atoms with E-state index in [1.54, 1.807) is 23.9 Å². The maximum Gasteiger partial charge on any atom is 0.573 e. The van der Waals surface area contributed by atoms with Gasteiger partial charge in [0.15, 0.2) is 0 Å². The fourth-order valence-corrected chi connectivity index (χ4v) is 2.07. The summed E-state index contributed by atoms with van der Waals surface area (Å²) in [5.74, 6) is -0.223. The third kappa shape index (κ3) is 4.49. The Bertz CT molecular complexity index is 578. The molecule has 0 radical (unpaired) electrons. The van der Waals surface area contributed by atoms with Gasteiger partial charge < -0.3 is 10.1 Å². The van der Waals surface area contributed by atoms with Gasteiger partial charge in [-0.2, -0.15) is 5.10 Å². The van der Waals surface area contributed by atoms with Gasteiger partial charge >= 0.3 is 6.36 Å². The van der Waals surface area contributed by atoms with E-state index < -0.39 is 6.36 Å². The minimum Gasteiger partial charge on any atom is -0.406 e. The molecule has 2 aromatic rings. The highest BCUT2D eigenvalue weighted by molar-refractivity contribution is 5.30. The molecule has 0 fully saturated rings. The third-order valence-electron chi connectivity index (χ3n) is 3.05. The molecule has 1 unspecified atom stereocenters. The van der Waals surface area contributed by atoms with Crippen LogP contribution in [0.2, 0.25) is 0 Å². The number of halogens is 3. The first-order valence-corrected chi connectivity index (χ1v) is 6.39. The highest BCUT2D eigenvalue weighted by Crippen LogP contribution is 2.25. The quantitative estimate of drug-likeness (QED) is 0.922. The lowest BCUT2D eigenvalue weighted by Crippen LogP contribution is -2.20. The van der Waals surface area contributed by atoms with Gasteiger partial charge in [-0.1, -0.05) is 12.1 Å². The van der Waals surface area contributed by atoms with E-state index in [1.807, 2.05) is 19.3 Å². The van der Waals surface area contributed by atoms with Crippen molar-refractivity contribution in [2.75, 3.05) is 7.05 Å². The van der Waals surface area contributed by atoms with Gasteiger partial charge in [-0.25, -0.2) is 0 Å². The first kappa shape index (κ1) is 15.4. The number of aromatic nitrogens is 2. The van der Waals surface area contributed by atoms with Gasteiger partial charge in [-0.15, -0.1) is 13.2 Å². The summed E-state index contributed by atoms with van der Waals surface area (Å²) < 4.78 is 41.9. The molecule has 1 aromatic heterocycles. The third-order valence-corrected chi connectivity index (χ3v) is 3.05. The summed E-state index contributed by atoms with van der Waals surface area (Å²) in [4.78, 5) is 0. The zero-order valence-corrected chi connectivity index (χ0v) is 11.7. The molecule has 21 heavy (non-hydrogen) atoms.